The second-order valence-corrected chi connectivity index (χ2v) is 8.20. The fourth-order valence-electron chi connectivity index (χ4n) is 4.48. The molecule has 2 aliphatic heterocycles. The number of rotatable bonds is 4. The molecule has 0 N–H and O–H groups in total. The third-order valence-corrected chi connectivity index (χ3v) is 6.37. The number of ether oxygens (including phenoxy) is 1. The van der Waals surface area contributed by atoms with Gasteiger partial charge in [0.2, 0.25) is 11.8 Å². The first-order valence-electron chi connectivity index (χ1n) is 10.6. The van der Waals surface area contributed by atoms with E-state index >= 15 is 0 Å². The Labute approximate surface area is 167 Å². The van der Waals surface area contributed by atoms with E-state index in [0.717, 1.165) is 70.0 Å². The van der Waals surface area contributed by atoms with Crippen LogP contribution in [0.4, 0.5) is 5.69 Å². The standard InChI is InChI=1S/C22H31N3O3/c1-28-18-8-6-17(7-9-18)23-12-14-25(15-13-23)22(27)20-16-19(20)21(26)24-10-4-2-3-5-11-24/h6-9,19-20H,2-5,10-16H2,1H3. The van der Waals surface area contributed by atoms with Crippen LogP contribution in [-0.2, 0) is 9.59 Å². The fraction of sp³-hybridized carbons (Fsp3) is 0.636. The molecular formula is C22H31N3O3. The van der Waals surface area contributed by atoms with Crippen LogP contribution < -0.4 is 9.64 Å². The van der Waals surface area contributed by atoms with Gasteiger partial charge < -0.3 is 19.4 Å². The topological polar surface area (TPSA) is 53.1 Å². The summed E-state index contributed by atoms with van der Waals surface area (Å²) in [5, 5.41) is 0. The van der Waals surface area contributed by atoms with Gasteiger partial charge in [0.05, 0.1) is 18.9 Å². The molecule has 0 spiro atoms. The van der Waals surface area contributed by atoms with Gasteiger partial charge in [0, 0.05) is 45.0 Å². The lowest BCUT2D eigenvalue weighted by atomic mass is 10.2. The van der Waals surface area contributed by atoms with Crippen molar-refractivity contribution in [1.82, 2.24) is 9.80 Å². The summed E-state index contributed by atoms with van der Waals surface area (Å²) in [5.74, 6) is 1.11. The van der Waals surface area contributed by atoms with E-state index in [-0.39, 0.29) is 23.7 Å². The van der Waals surface area contributed by atoms with Gasteiger partial charge in [-0.1, -0.05) is 12.8 Å². The van der Waals surface area contributed by atoms with E-state index in [4.69, 9.17) is 4.74 Å². The molecular weight excluding hydrogens is 354 g/mol. The van der Waals surface area contributed by atoms with E-state index in [1.807, 2.05) is 21.9 Å². The molecule has 1 saturated carbocycles. The van der Waals surface area contributed by atoms with E-state index in [1.165, 1.54) is 12.8 Å². The third kappa shape index (κ3) is 4.10. The summed E-state index contributed by atoms with van der Waals surface area (Å²) in [7, 11) is 1.67. The molecule has 2 saturated heterocycles. The Kier molecular flexibility index (Phi) is 5.74. The number of carbonyl (C=O) groups is 2. The van der Waals surface area contributed by atoms with E-state index in [1.54, 1.807) is 7.11 Å². The maximum atomic E-state index is 12.9. The first-order valence-corrected chi connectivity index (χ1v) is 10.6. The van der Waals surface area contributed by atoms with Gasteiger partial charge in [-0.05, 0) is 43.5 Å². The molecule has 0 aromatic heterocycles. The molecule has 6 heteroatoms. The summed E-state index contributed by atoms with van der Waals surface area (Å²) in [6.07, 6.45) is 5.38. The van der Waals surface area contributed by atoms with E-state index < -0.39 is 0 Å². The number of likely N-dealkylation sites (tertiary alicyclic amines) is 1. The first-order chi connectivity index (χ1) is 13.7. The Bertz CT molecular complexity index is 689. The number of benzene rings is 1. The zero-order valence-electron chi connectivity index (χ0n) is 16.8. The van der Waals surface area contributed by atoms with Crippen molar-refractivity contribution in [2.75, 3.05) is 51.3 Å². The van der Waals surface area contributed by atoms with Crippen LogP contribution in [0, 0.1) is 11.8 Å². The van der Waals surface area contributed by atoms with Crippen LogP contribution in [0.3, 0.4) is 0 Å². The highest BCUT2D eigenvalue weighted by Crippen LogP contribution is 2.42. The average Bonchev–Trinajstić information content (AvgIpc) is 3.57. The predicted molar refractivity (Wildman–Crippen MR) is 108 cm³/mol. The highest BCUT2D eigenvalue weighted by Gasteiger charge is 2.51. The van der Waals surface area contributed by atoms with Crippen molar-refractivity contribution in [2.24, 2.45) is 11.8 Å². The van der Waals surface area contributed by atoms with E-state index in [9.17, 15) is 9.59 Å². The molecule has 4 rings (SSSR count). The Balaban J connectivity index is 1.27. The summed E-state index contributed by atoms with van der Waals surface area (Å²) in [4.78, 5) is 31.9. The number of piperazine rings is 1. The van der Waals surface area contributed by atoms with Crippen LogP contribution in [0.2, 0.25) is 0 Å². The van der Waals surface area contributed by atoms with Gasteiger partial charge >= 0.3 is 0 Å². The average molecular weight is 386 g/mol. The van der Waals surface area contributed by atoms with Crippen LogP contribution in [0.5, 0.6) is 5.75 Å². The Morgan fingerprint density at radius 2 is 1.32 bits per heavy atom. The van der Waals surface area contributed by atoms with Crippen LogP contribution in [0.1, 0.15) is 32.1 Å². The zero-order valence-corrected chi connectivity index (χ0v) is 16.8. The number of nitrogens with zero attached hydrogens (tertiary/aromatic N) is 3. The minimum absolute atomic E-state index is 0.0646. The monoisotopic (exact) mass is 385 g/mol. The smallest absolute Gasteiger partial charge is 0.226 e. The number of methoxy groups -OCH3 is 1. The van der Waals surface area contributed by atoms with Gasteiger partial charge in [-0.3, -0.25) is 9.59 Å². The van der Waals surface area contributed by atoms with Crippen molar-refractivity contribution in [2.45, 2.75) is 32.1 Å². The predicted octanol–water partition coefficient (Wildman–Crippen LogP) is 2.38. The van der Waals surface area contributed by atoms with Crippen molar-refractivity contribution in [3.63, 3.8) is 0 Å². The van der Waals surface area contributed by atoms with Crippen LogP contribution in [0.15, 0.2) is 24.3 Å². The molecule has 2 amide bonds. The zero-order chi connectivity index (χ0) is 19.5. The van der Waals surface area contributed by atoms with E-state index in [0.29, 0.717) is 0 Å². The maximum absolute atomic E-state index is 12.9. The number of hydrogen-bond acceptors (Lipinski definition) is 4. The van der Waals surface area contributed by atoms with Crippen molar-refractivity contribution in [1.29, 1.82) is 0 Å². The second-order valence-electron chi connectivity index (χ2n) is 8.20. The molecule has 1 aromatic carbocycles. The first kappa shape index (κ1) is 19.1. The molecule has 3 aliphatic rings. The molecule has 152 valence electrons. The second kappa shape index (κ2) is 8.41. The molecule has 2 unspecified atom stereocenters. The molecule has 0 radical (unpaired) electrons. The van der Waals surface area contributed by atoms with Crippen LogP contribution >= 0.6 is 0 Å². The van der Waals surface area contributed by atoms with Gasteiger partial charge in [0.25, 0.3) is 0 Å². The molecule has 0 bridgehead atoms. The quantitative estimate of drug-likeness (QED) is 0.799. The third-order valence-electron chi connectivity index (χ3n) is 6.37. The van der Waals surface area contributed by atoms with Crippen molar-refractivity contribution in [3.05, 3.63) is 24.3 Å². The molecule has 1 aromatic rings. The van der Waals surface area contributed by atoms with Gasteiger partial charge in [0.1, 0.15) is 5.75 Å². The fourth-order valence-corrected chi connectivity index (χ4v) is 4.48. The molecule has 2 heterocycles. The van der Waals surface area contributed by atoms with Gasteiger partial charge in [-0.15, -0.1) is 0 Å². The number of carbonyl (C=O) groups excluding carboxylic acids is 2. The summed E-state index contributed by atoms with van der Waals surface area (Å²) in [6, 6.07) is 8.06. The van der Waals surface area contributed by atoms with E-state index in [2.05, 4.69) is 17.0 Å². The minimum Gasteiger partial charge on any atom is -0.497 e. The highest BCUT2D eigenvalue weighted by molar-refractivity contribution is 5.92. The normalized spacial score (nSPS) is 25.2. The number of amides is 2. The lowest BCUT2D eigenvalue weighted by Crippen LogP contribution is -2.49. The lowest BCUT2D eigenvalue weighted by molar-refractivity contribution is -0.138. The van der Waals surface area contributed by atoms with Gasteiger partial charge in [-0.2, -0.15) is 0 Å². The lowest BCUT2D eigenvalue weighted by Gasteiger charge is -2.36. The van der Waals surface area contributed by atoms with Gasteiger partial charge in [-0.25, -0.2) is 0 Å². The van der Waals surface area contributed by atoms with Gasteiger partial charge in [0.15, 0.2) is 0 Å². The van der Waals surface area contributed by atoms with Crippen molar-refractivity contribution >= 4 is 17.5 Å². The molecule has 1 aliphatic carbocycles. The largest absolute Gasteiger partial charge is 0.497 e. The molecule has 28 heavy (non-hydrogen) atoms. The van der Waals surface area contributed by atoms with Crippen molar-refractivity contribution < 1.29 is 14.3 Å². The molecule has 3 fully saturated rings. The molecule has 6 nitrogen and oxygen atoms in total. The highest BCUT2D eigenvalue weighted by atomic mass is 16.5. The SMILES string of the molecule is COc1ccc(N2CCN(C(=O)C3CC3C(=O)N3CCCCCC3)CC2)cc1. The summed E-state index contributed by atoms with van der Waals surface area (Å²) < 4.78 is 5.22. The summed E-state index contributed by atoms with van der Waals surface area (Å²) >= 11 is 0. The maximum Gasteiger partial charge on any atom is 0.226 e. The Morgan fingerprint density at radius 3 is 1.86 bits per heavy atom. The number of anilines is 1. The molecule has 2 atom stereocenters. The summed E-state index contributed by atoms with van der Waals surface area (Å²) in [5.41, 5.74) is 1.16. The Hall–Kier alpha value is -2.24. The van der Waals surface area contributed by atoms with Crippen LogP contribution in [0.25, 0.3) is 0 Å². The number of hydrogen-bond donors (Lipinski definition) is 0. The Morgan fingerprint density at radius 1 is 0.786 bits per heavy atom. The minimum atomic E-state index is -0.0803. The summed E-state index contributed by atoms with van der Waals surface area (Å²) in [6.45, 7) is 4.86. The van der Waals surface area contributed by atoms with Crippen LogP contribution in [-0.4, -0.2) is 68.0 Å². The van der Waals surface area contributed by atoms with Crippen molar-refractivity contribution in [3.8, 4) is 5.75 Å².